The van der Waals surface area contributed by atoms with Crippen LogP contribution in [0.2, 0.25) is 0 Å². The Morgan fingerprint density at radius 1 is 1.07 bits per heavy atom. The molecule has 5 heteroatoms. The lowest BCUT2D eigenvalue weighted by Gasteiger charge is -2.16. The van der Waals surface area contributed by atoms with Gasteiger partial charge in [-0.15, -0.1) is 0 Å². The monoisotopic (exact) mass is 364 g/mol. The molecule has 4 rings (SSSR count). The highest BCUT2D eigenvalue weighted by Gasteiger charge is 2.37. The Kier molecular flexibility index (Phi) is 4.84. The molecule has 2 aromatic rings. The summed E-state index contributed by atoms with van der Waals surface area (Å²) in [4.78, 5) is 26.4. The van der Waals surface area contributed by atoms with Crippen molar-refractivity contribution in [3.63, 3.8) is 0 Å². The predicted molar refractivity (Wildman–Crippen MR) is 104 cm³/mol. The van der Waals surface area contributed by atoms with Crippen LogP contribution in [0.15, 0.2) is 48.5 Å². The van der Waals surface area contributed by atoms with E-state index in [1.165, 1.54) is 18.4 Å². The van der Waals surface area contributed by atoms with Gasteiger partial charge in [0.1, 0.15) is 11.5 Å². The smallest absolute Gasteiger partial charge is 0.229 e. The zero-order chi connectivity index (χ0) is 18.8. The first-order valence-electron chi connectivity index (χ1n) is 9.50. The first-order chi connectivity index (χ1) is 13.1. The van der Waals surface area contributed by atoms with E-state index in [4.69, 9.17) is 4.74 Å². The number of hydrogen-bond donors (Lipinski definition) is 1. The molecule has 0 spiro atoms. The molecule has 2 amide bonds. The predicted octanol–water partition coefficient (Wildman–Crippen LogP) is 3.98. The molecule has 1 saturated heterocycles. The number of anilines is 1. The lowest BCUT2D eigenvalue weighted by Crippen LogP contribution is -2.29. The molecule has 2 aromatic carbocycles. The third kappa shape index (κ3) is 4.48. The average Bonchev–Trinajstić information content (AvgIpc) is 3.40. The molecule has 140 valence electrons. The largest absolute Gasteiger partial charge is 0.457 e. The summed E-state index contributed by atoms with van der Waals surface area (Å²) in [5.41, 5.74) is 1.89. The molecule has 0 bridgehead atoms. The molecular formula is C22H24N2O3. The Balaban J connectivity index is 1.32. The second-order valence-electron chi connectivity index (χ2n) is 7.57. The third-order valence-electron chi connectivity index (χ3n) is 5.14. The van der Waals surface area contributed by atoms with E-state index in [0.717, 1.165) is 12.3 Å². The number of ether oxygens (including phenoxy) is 1. The van der Waals surface area contributed by atoms with Gasteiger partial charge >= 0.3 is 0 Å². The van der Waals surface area contributed by atoms with Crippen LogP contribution in [0.25, 0.3) is 0 Å². The number of carbonyl (C=O) groups excluding carboxylic acids is 2. The molecule has 1 aliphatic heterocycles. The molecule has 1 heterocycles. The van der Waals surface area contributed by atoms with Crippen LogP contribution in [-0.4, -0.2) is 29.8 Å². The van der Waals surface area contributed by atoms with E-state index in [2.05, 4.69) is 5.32 Å². The number of rotatable bonds is 6. The van der Waals surface area contributed by atoms with Crippen LogP contribution in [0.5, 0.6) is 11.5 Å². The first-order valence-corrected chi connectivity index (χ1v) is 9.50. The van der Waals surface area contributed by atoms with Crippen LogP contribution in [0.3, 0.4) is 0 Å². The van der Waals surface area contributed by atoms with Gasteiger partial charge in [0.05, 0.1) is 5.92 Å². The van der Waals surface area contributed by atoms with Crippen molar-refractivity contribution in [2.75, 3.05) is 18.4 Å². The van der Waals surface area contributed by atoms with Crippen molar-refractivity contribution in [2.24, 2.45) is 11.8 Å². The van der Waals surface area contributed by atoms with Gasteiger partial charge < -0.3 is 15.0 Å². The molecule has 1 aliphatic carbocycles. The Labute approximate surface area is 159 Å². The van der Waals surface area contributed by atoms with E-state index < -0.39 is 0 Å². The molecule has 0 radical (unpaired) electrons. The molecule has 27 heavy (non-hydrogen) atoms. The zero-order valence-corrected chi connectivity index (χ0v) is 15.5. The van der Waals surface area contributed by atoms with Gasteiger partial charge in [-0.2, -0.15) is 0 Å². The minimum absolute atomic E-state index is 0.0890. The Morgan fingerprint density at radius 3 is 2.33 bits per heavy atom. The molecule has 5 nitrogen and oxygen atoms in total. The number of likely N-dealkylation sites (tertiary alicyclic amines) is 1. The van der Waals surface area contributed by atoms with Gasteiger partial charge in [0.15, 0.2) is 0 Å². The molecule has 0 aromatic heterocycles. The van der Waals surface area contributed by atoms with Crippen LogP contribution >= 0.6 is 0 Å². The molecule has 2 fully saturated rings. The van der Waals surface area contributed by atoms with Crippen molar-refractivity contribution in [1.29, 1.82) is 0 Å². The number of nitrogens with zero attached hydrogens (tertiary/aromatic N) is 1. The van der Waals surface area contributed by atoms with Crippen LogP contribution in [0.1, 0.15) is 24.8 Å². The normalized spacial score (nSPS) is 19.2. The summed E-state index contributed by atoms with van der Waals surface area (Å²) in [6, 6.07) is 15.1. The highest BCUT2D eigenvalue weighted by molar-refractivity contribution is 5.97. The van der Waals surface area contributed by atoms with Crippen LogP contribution < -0.4 is 10.1 Å². The SMILES string of the molecule is Cc1ccc(Oc2ccc(NC(=O)C3CC(=O)N(CC4CC4)C3)cc2)cc1. The van der Waals surface area contributed by atoms with Crippen molar-refractivity contribution in [1.82, 2.24) is 4.90 Å². The molecule has 1 N–H and O–H groups in total. The maximum atomic E-state index is 12.5. The van der Waals surface area contributed by atoms with Gasteiger partial charge in [0.25, 0.3) is 0 Å². The average molecular weight is 364 g/mol. The van der Waals surface area contributed by atoms with Gasteiger partial charge in [0, 0.05) is 25.2 Å². The number of nitrogens with one attached hydrogen (secondary N) is 1. The van der Waals surface area contributed by atoms with Crippen molar-refractivity contribution >= 4 is 17.5 Å². The maximum Gasteiger partial charge on any atom is 0.229 e. The molecule has 1 unspecified atom stereocenters. The molecule has 1 saturated carbocycles. The Bertz CT molecular complexity index is 826. The van der Waals surface area contributed by atoms with Crippen LogP contribution in [0.4, 0.5) is 5.69 Å². The van der Waals surface area contributed by atoms with Crippen molar-refractivity contribution in [2.45, 2.75) is 26.2 Å². The fourth-order valence-corrected chi connectivity index (χ4v) is 3.33. The van der Waals surface area contributed by atoms with E-state index >= 15 is 0 Å². The minimum Gasteiger partial charge on any atom is -0.457 e. The summed E-state index contributed by atoms with van der Waals surface area (Å²) in [5, 5.41) is 2.92. The second kappa shape index (κ2) is 7.43. The highest BCUT2D eigenvalue weighted by Crippen LogP contribution is 2.32. The molecular weight excluding hydrogens is 340 g/mol. The van der Waals surface area contributed by atoms with E-state index in [1.54, 1.807) is 0 Å². The van der Waals surface area contributed by atoms with Gasteiger partial charge in [-0.25, -0.2) is 0 Å². The summed E-state index contributed by atoms with van der Waals surface area (Å²) in [6.45, 7) is 3.38. The van der Waals surface area contributed by atoms with Crippen molar-refractivity contribution in [3.8, 4) is 11.5 Å². The summed E-state index contributed by atoms with van der Waals surface area (Å²) in [7, 11) is 0. The van der Waals surface area contributed by atoms with Crippen LogP contribution in [-0.2, 0) is 9.59 Å². The number of carbonyl (C=O) groups is 2. The number of amides is 2. The second-order valence-corrected chi connectivity index (χ2v) is 7.57. The van der Waals surface area contributed by atoms with Crippen molar-refractivity contribution < 1.29 is 14.3 Å². The maximum absolute atomic E-state index is 12.5. The summed E-state index contributed by atoms with van der Waals surface area (Å²) in [5.74, 6) is 1.88. The van der Waals surface area contributed by atoms with Gasteiger partial charge in [-0.1, -0.05) is 17.7 Å². The number of hydrogen-bond acceptors (Lipinski definition) is 3. The van der Waals surface area contributed by atoms with E-state index in [0.29, 0.717) is 30.3 Å². The molecule has 1 atom stereocenters. The lowest BCUT2D eigenvalue weighted by atomic mass is 10.1. The lowest BCUT2D eigenvalue weighted by molar-refractivity contribution is -0.128. The first kappa shape index (κ1) is 17.6. The fraction of sp³-hybridized carbons (Fsp3) is 0.364. The van der Waals surface area contributed by atoms with Crippen LogP contribution in [0, 0.1) is 18.8 Å². The molecule has 2 aliphatic rings. The van der Waals surface area contributed by atoms with E-state index in [1.807, 2.05) is 60.4 Å². The topological polar surface area (TPSA) is 58.6 Å². The van der Waals surface area contributed by atoms with E-state index in [-0.39, 0.29) is 17.7 Å². The van der Waals surface area contributed by atoms with Gasteiger partial charge in [-0.3, -0.25) is 9.59 Å². The summed E-state index contributed by atoms with van der Waals surface area (Å²) < 4.78 is 5.80. The van der Waals surface area contributed by atoms with Crippen molar-refractivity contribution in [3.05, 3.63) is 54.1 Å². The standard InChI is InChI=1S/C22H24N2O3/c1-15-2-8-19(9-3-15)27-20-10-6-18(7-11-20)23-22(26)17-12-21(25)24(14-17)13-16-4-5-16/h2-3,6-11,16-17H,4-5,12-14H2,1H3,(H,23,26). The zero-order valence-electron chi connectivity index (χ0n) is 15.5. The Morgan fingerprint density at radius 2 is 1.70 bits per heavy atom. The summed E-state index contributed by atoms with van der Waals surface area (Å²) in [6.07, 6.45) is 2.72. The fourth-order valence-electron chi connectivity index (χ4n) is 3.33. The third-order valence-corrected chi connectivity index (χ3v) is 5.14. The number of benzene rings is 2. The minimum atomic E-state index is -0.264. The Hall–Kier alpha value is -2.82. The summed E-state index contributed by atoms with van der Waals surface area (Å²) >= 11 is 0. The van der Waals surface area contributed by atoms with Gasteiger partial charge in [-0.05, 0) is 62.1 Å². The number of aryl methyl sites for hydroxylation is 1. The quantitative estimate of drug-likeness (QED) is 0.843. The van der Waals surface area contributed by atoms with E-state index in [9.17, 15) is 9.59 Å². The van der Waals surface area contributed by atoms with Gasteiger partial charge in [0.2, 0.25) is 11.8 Å². The highest BCUT2D eigenvalue weighted by atomic mass is 16.5.